The monoisotopic (exact) mass is 336 g/mol. The Hall–Kier alpha value is -1.72. The van der Waals surface area contributed by atoms with Crippen molar-refractivity contribution in [3.63, 3.8) is 0 Å². The van der Waals surface area contributed by atoms with Gasteiger partial charge in [-0.05, 0) is 45.3 Å². The normalized spacial score (nSPS) is 10.3. The van der Waals surface area contributed by atoms with Crippen molar-refractivity contribution in [3.05, 3.63) is 69.4 Å². The van der Waals surface area contributed by atoms with Gasteiger partial charge < -0.3 is 11.1 Å². The summed E-state index contributed by atoms with van der Waals surface area (Å²) in [5, 5.41) is 2.80. The first-order valence-corrected chi connectivity index (χ1v) is 6.91. The predicted molar refractivity (Wildman–Crippen MR) is 79.6 cm³/mol. The predicted octanol–water partition coefficient (Wildman–Crippen LogP) is 2.98. The van der Waals surface area contributed by atoms with E-state index in [0.717, 1.165) is 11.1 Å². The van der Waals surface area contributed by atoms with Crippen molar-refractivity contribution in [1.82, 2.24) is 5.32 Å². The van der Waals surface area contributed by atoms with Crippen LogP contribution in [0.2, 0.25) is 0 Å². The van der Waals surface area contributed by atoms with Gasteiger partial charge >= 0.3 is 0 Å². The third-order valence-electron chi connectivity index (χ3n) is 2.95. The van der Waals surface area contributed by atoms with Crippen LogP contribution in [0.3, 0.4) is 0 Å². The molecule has 0 aromatic heterocycles. The van der Waals surface area contributed by atoms with E-state index in [1.807, 2.05) is 24.3 Å². The van der Waals surface area contributed by atoms with E-state index >= 15 is 0 Å². The van der Waals surface area contributed by atoms with Gasteiger partial charge in [-0.25, -0.2) is 4.39 Å². The van der Waals surface area contributed by atoms with Crippen LogP contribution in [0.25, 0.3) is 0 Å². The van der Waals surface area contributed by atoms with Gasteiger partial charge in [-0.15, -0.1) is 0 Å². The van der Waals surface area contributed by atoms with E-state index in [4.69, 9.17) is 5.73 Å². The molecule has 3 nitrogen and oxygen atoms in total. The fourth-order valence-electron chi connectivity index (χ4n) is 1.87. The van der Waals surface area contributed by atoms with Gasteiger partial charge in [0.25, 0.3) is 5.91 Å². The number of nitrogens with two attached hydrogens (primary N) is 1. The highest BCUT2D eigenvalue weighted by atomic mass is 79.9. The average molecular weight is 337 g/mol. The number of benzene rings is 2. The van der Waals surface area contributed by atoms with Crippen LogP contribution in [0, 0.1) is 5.82 Å². The van der Waals surface area contributed by atoms with Crippen LogP contribution < -0.4 is 11.1 Å². The molecule has 5 heteroatoms. The molecular weight excluding hydrogens is 323 g/mol. The zero-order valence-electron chi connectivity index (χ0n) is 10.7. The molecule has 0 aliphatic heterocycles. The van der Waals surface area contributed by atoms with Crippen LogP contribution in [0.4, 0.5) is 4.39 Å². The Kier molecular flexibility index (Phi) is 4.87. The minimum Gasteiger partial charge on any atom is -0.348 e. The minimum atomic E-state index is -0.387. The van der Waals surface area contributed by atoms with Gasteiger partial charge in [-0.1, -0.05) is 24.3 Å². The number of nitrogens with one attached hydrogen (secondary N) is 1. The van der Waals surface area contributed by atoms with Crippen LogP contribution in [0.15, 0.2) is 46.9 Å². The van der Waals surface area contributed by atoms with E-state index in [0.29, 0.717) is 23.1 Å². The number of hydrogen-bond acceptors (Lipinski definition) is 2. The molecule has 0 atom stereocenters. The maximum Gasteiger partial charge on any atom is 0.252 e. The zero-order valence-corrected chi connectivity index (χ0v) is 12.3. The second kappa shape index (κ2) is 6.63. The summed E-state index contributed by atoms with van der Waals surface area (Å²) in [5.41, 5.74) is 8.01. The highest BCUT2D eigenvalue weighted by Crippen LogP contribution is 2.18. The first-order valence-electron chi connectivity index (χ1n) is 6.12. The number of amides is 1. The highest BCUT2D eigenvalue weighted by Gasteiger charge is 2.11. The van der Waals surface area contributed by atoms with Crippen LogP contribution in [0.1, 0.15) is 21.5 Å². The van der Waals surface area contributed by atoms with Gasteiger partial charge in [0.2, 0.25) is 0 Å². The molecule has 0 radical (unpaired) electrons. The number of halogens is 2. The van der Waals surface area contributed by atoms with Crippen molar-refractivity contribution in [3.8, 4) is 0 Å². The number of hydrogen-bond donors (Lipinski definition) is 2. The minimum absolute atomic E-state index is 0.260. The topological polar surface area (TPSA) is 55.1 Å². The second-order valence-electron chi connectivity index (χ2n) is 4.28. The van der Waals surface area contributed by atoms with Gasteiger partial charge in [0.05, 0.1) is 5.56 Å². The average Bonchev–Trinajstić information content (AvgIpc) is 2.45. The fraction of sp³-hybridized carbons (Fsp3) is 0.133. The van der Waals surface area contributed by atoms with Crippen LogP contribution in [0.5, 0.6) is 0 Å². The van der Waals surface area contributed by atoms with Crippen molar-refractivity contribution in [2.45, 2.75) is 13.1 Å². The van der Waals surface area contributed by atoms with Gasteiger partial charge in [0.1, 0.15) is 5.82 Å². The summed E-state index contributed by atoms with van der Waals surface area (Å²) < 4.78 is 13.4. The Labute approximate surface area is 125 Å². The molecule has 2 rings (SSSR count). The highest BCUT2D eigenvalue weighted by molar-refractivity contribution is 9.10. The third kappa shape index (κ3) is 3.43. The lowest BCUT2D eigenvalue weighted by atomic mass is 10.1. The quantitative estimate of drug-likeness (QED) is 0.901. The van der Waals surface area contributed by atoms with E-state index in [-0.39, 0.29) is 11.7 Å². The van der Waals surface area contributed by atoms with Crippen molar-refractivity contribution in [2.24, 2.45) is 5.73 Å². The molecule has 2 aromatic rings. The van der Waals surface area contributed by atoms with Crippen LogP contribution in [-0.2, 0) is 13.1 Å². The summed E-state index contributed by atoms with van der Waals surface area (Å²) in [4.78, 5) is 12.1. The summed E-state index contributed by atoms with van der Waals surface area (Å²) >= 11 is 3.18. The van der Waals surface area contributed by atoms with Gasteiger partial charge in [-0.3, -0.25) is 4.79 Å². The molecule has 2 aromatic carbocycles. The Bertz CT molecular complexity index is 631. The van der Waals surface area contributed by atoms with E-state index in [2.05, 4.69) is 21.2 Å². The number of carbonyl (C=O) groups excluding carboxylic acids is 1. The first-order chi connectivity index (χ1) is 9.61. The SMILES string of the molecule is NCc1ccccc1CNC(=O)c1ccc(F)cc1Br. The largest absolute Gasteiger partial charge is 0.348 e. The standard InChI is InChI=1S/C15H14BrFN2O/c16-14-7-12(17)5-6-13(14)15(20)19-9-11-4-2-1-3-10(11)8-18/h1-7H,8-9,18H2,(H,19,20). The number of rotatable bonds is 4. The third-order valence-corrected chi connectivity index (χ3v) is 3.61. The Morgan fingerprint density at radius 1 is 1.20 bits per heavy atom. The van der Waals surface area contributed by atoms with Crippen molar-refractivity contribution < 1.29 is 9.18 Å². The summed E-state index contributed by atoms with van der Waals surface area (Å²) in [6.45, 7) is 0.808. The molecule has 0 saturated heterocycles. The van der Waals surface area contributed by atoms with Crippen molar-refractivity contribution in [1.29, 1.82) is 0 Å². The number of carbonyl (C=O) groups is 1. The molecule has 104 valence electrons. The summed E-state index contributed by atoms with van der Waals surface area (Å²) in [6.07, 6.45) is 0. The first kappa shape index (κ1) is 14.7. The molecule has 0 unspecified atom stereocenters. The van der Waals surface area contributed by atoms with E-state index < -0.39 is 0 Å². The van der Waals surface area contributed by atoms with Crippen molar-refractivity contribution >= 4 is 21.8 Å². The van der Waals surface area contributed by atoms with Gasteiger partial charge in [-0.2, -0.15) is 0 Å². The van der Waals surface area contributed by atoms with Crippen LogP contribution in [-0.4, -0.2) is 5.91 Å². The maximum absolute atomic E-state index is 13.0. The molecule has 0 aliphatic rings. The van der Waals surface area contributed by atoms with Gasteiger partial charge in [0, 0.05) is 17.6 Å². The van der Waals surface area contributed by atoms with Crippen molar-refractivity contribution in [2.75, 3.05) is 0 Å². The fourth-order valence-corrected chi connectivity index (χ4v) is 2.40. The lowest BCUT2D eigenvalue weighted by molar-refractivity contribution is 0.0950. The smallest absolute Gasteiger partial charge is 0.252 e. The molecule has 0 heterocycles. The molecular formula is C15H14BrFN2O. The summed E-state index contributed by atoms with van der Waals surface area (Å²) in [7, 11) is 0. The Morgan fingerprint density at radius 2 is 1.90 bits per heavy atom. The molecule has 3 N–H and O–H groups in total. The molecule has 0 bridgehead atoms. The van der Waals surface area contributed by atoms with E-state index in [1.54, 1.807) is 0 Å². The van der Waals surface area contributed by atoms with E-state index in [1.165, 1.54) is 18.2 Å². The maximum atomic E-state index is 13.0. The zero-order chi connectivity index (χ0) is 14.5. The molecule has 0 fully saturated rings. The molecule has 20 heavy (non-hydrogen) atoms. The summed E-state index contributed by atoms with van der Waals surface area (Å²) in [5.74, 6) is -0.648. The molecule has 0 spiro atoms. The van der Waals surface area contributed by atoms with Crippen LogP contribution >= 0.6 is 15.9 Å². The molecule has 0 aliphatic carbocycles. The molecule has 1 amide bonds. The lowest BCUT2D eigenvalue weighted by Crippen LogP contribution is -2.24. The van der Waals surface area contributed by atoms with E-state index in [9.17, 15) is 9.18 Å². The van der Waals surface area contributed by atoms with Gasteiger partial charge in [0.15, 0.2) is 0 Å². The Balaban J connectivity index is 2.09. The Morgan fingerprint density at radius 3 is 2.55 bits per heavy atom. The summed E-state index contributed by atoms with van der Waals surface area (Å²) in [6, 6.07) is 11.6. The molecule has 0 saturated carbocycles. The lowest BCUT2D eigenvalue weighted by Gasteiger charge is -2.10. The second-order valence-corrected chi connectivity index (χ2v) is 5.13.